The second kappa shape index (κ2) is 39.8. The molecule has 0 bridgehead atoms. The Kier molecular flexibility index (Phi) is 40.3. The van der Waals surface area contributed by atoms with Gasteiger partial charge in [-0.05, 0) is 63.5 Å². The predicted molar refractivity (Wildman–Crippen MR) is 226 cm³/mol. The Labute approximate surface area is 348 Å². The van der Waals surface area contributed by atoms with Crippen LogP contribution in [0, 0.1) is 0 Å². The zero-order chi connectivity index (χ0) is 39.3. The van der Waals surface area contributed by atoms with E-state index in [-0.39, 0.29) is 37.9 Å². The average Bonchev–Trinajstić information content (AvgIpc) is 3.11. The van der Waals surface area contributed by atoms with Gasteiger partial charge in [-0.3, -0.25) is 0 Å². The number of carbonyl (C=O) groups is 2. The number of carboxylic acid groups (broad SMARTS) is 2. The molecule has 0 spiro atoms. The van der Waals surface area contributed by atoms with Gasteiger partial charge in [0.1, 0.15) is 0 Å². The number of aliphatic carboxylic acids is 2. The number of hydrogen-bond acceptors (Lipinski definition) is 5. The second-order valence-corrected chi connectivity index (χ2v) is 16.8. The van der Waals surface area contributed by atoms with Gasteiger partial charge in [-0.1, -0.05) is 219 Å². The minimum absolute atomic E-state index is 0. The first-order valence-electron chi connectivity index (χ1n) is 22.9. The molecule has 0 aliphatic carbocycles. The molecule has 1 atom stereocenters. The summed E-state index contributed by atoms with van der Waals surface area (Å²) in [6, 6.07) is 8.62. The summed E-state index contributed by atoms with van der Waals surface area (Å²) in [6.45, 7) is 11.4. The Morgan fingerprint density at radius 2 is 0.815 bits per heavy atom. The van der Waals surface area contributed by atoms with E-state index in [1.165, 1.54) is 185 Å². The van der Waals surface area contributed by atoms with E-state index in [9.17, 15) is 19.8 Å². The molecule has 0 saturated carbocycles. The van der Waals surface area contributed by atoms with E-state index in [4.69, 9.17) is 0 Å². The van der Waals surface area contributed by atoms with Crippen molar-refractivity contribution in [3.8, 4) is 0 Å². The van der Waals surface area contributed by atoms with Crippen molar-refractivity contribution in [2.45, 2.75) is 258 Å². The van der Waals surface area contributed by atoms with Gasteiger partial charge in [0.25, 0.3) is 0 Å². The van der Waals surface area contributed by atoms with Crippen molar-refractivity contribution in [1.82, 2.24) is 0 Å². The molecule has 0 saturated heterocycles. The molecule has 1 heterocycles. The Balaban J connectivity index is 0. The second-order valence-electron chi connectivity index (χ2n) is 16.8. The number of carbonyl (C=O) groups excluding carboxylic acids is 2. The summed E-state index contributed by atoms with van der Waals surface area (Å²) in [5.41, 5.74) is 3.02. The maximum absolute atomic E-state index is 10.2. The van der Waals surface area contributed by atoms with Crippen molar-refractivity contribution < 1.29 is 39.3 Å². The van der Waals surface area contributed by atoms with Gasteiger partial charge in [-0.2, -0.15) is 0 Å². The zero-order valence-corrected chi connectivity index (χ0v) is 39.5. The molecule has 5 nitrogen and oxygen atoms in total. The van der Waals surface area contributed by atoms with Crippen molar-refractivity contribution in [3.05, 3.63) is 29.8 Å². The molecular weight excluding hydrogens is 720 g/mol. The number of carboxylic acids is 2. The van der Waals surface area contributed by atoms with Gasteiger partial charge in [0, 0.05) is 23.2 Å². The normalized spacial score (nSPS) is 14.0. The fourth-order valence-electron chi connectivity index (χ4n) is 7.61. The smallest absolute Gasteiger partial charge is 0.550 e. The molecule has 1 aromatic rings. The fraction of sp³-hybridized carbons (Fsp3) is 0.833. The number of unbranched alkanes of at least 4 members (excludes halogenated alkanes) is 28. The standard InChI is InChI=1S/2C18H36O2.C12H17N.Zn/c2*1-2-3-4-5-6-7-8-9-10-11-12-13-14-15-16-17-18(19)20;1-9-8-12(2,3)13-11-7-5-4-6-10(9)11;/h2*2-17H2,1H3,(H,19,20);4-7,9,13H,8H2,1-3H3;/q;;;+2/p-2. The maximum Gasteiger partial charge on any atom is 2.00 e. The third kappa shape index (κ3) is 37.5. The minimum Gasteiger partial charge on any atom is -0.550 e. The molecule has 54 heavy (non-hydrogen) atoms. The van der Waals surface area contributed by atoms with Crippen LogP contribution < -0.4 is 15.5 Å². The number of anilines is 1. The van der Waals surface area contributed by atoms with Gasteiger partial charge in [0.2, 0.25) is 0 Å². The average molecular weight is 808 g/mol. The van der Waals surface area contributed by atoms with Gasteiger partial charge < -0.3 is 25.1 Å². The Bertz CT molecular complexity index is 924. The molecule has 310 valence electrons. The molecule has 6 heteroatoms. The molecule has 2 rings (SSSR count). The molecule has 1 aromatic carbocycles. The van der Waals surface area contributed by atoms with Crippen LogP contribution >= 0.6 is 0 Å². The first-order valence-corrected chi connectivity index (χ1v) is 22.9. The maximum atomic E-state index is 10.2. The van der Waals surface area contributed by atoms with Crippen LogP contribution in [-0.2, 0) is 29.1 Å². The quantitative estimate of drug-likeness (QED) is 0.0578. The summed E-state index contributed by atoms with van der Waals surface area (Å²) in [5, 5.41) is 24.0. The summed E-state index contributed by atoms with van der Waals surface area (Å²) in [6.07, 6.45) is 40.9. The molecule has 0 fully saturated rings. The number of hydrogen-bond donors (Lipinski definition) is 1. The minimum atomic E-state index is -0.903. The Morgan fingerprint density at radius 1 is 0.537 bits per heavy atom. The molecule has 1 aliphatic heterocycles. The first kappa shape index (κ1) is 54.7. The zero-order valence-electron chi connectivity index (χ0n) is 36.6. The van der Waals surface area contributed by atoms with Crippen molar-refractivity contribution in [2.24, 2.45) is 0 Å². The number of rotatable bonds is 32. The van der Waals surface area contributed by atoms with Gasteiger partial charge in [-0.25, -0.2) is 0 Å². The van der Waals surface area contributed by atoms with E-state index >= 15 is 0 Å². The topological polar surface area (TPSA) is 92.3 Å². The van der Waals surface area contributed by atoms with Crippen molar-refractivity contribution in [3.63, 3.8) is 0 Å². The van der Waals surface area contributed by atoms with Crippen molar-refractivity contribution >= 4 is 17.6 Å². The van der Waals surface area contributed by atoms with Crippen LogP contribution in [0.25, 0.3) is 0 Å². The molecule has 0 radical (unpaired) electrons. The van der Waals surface area contributed by atoms with E-state index < -0.39 is 11.9 Å². The van der Waals surface area contributed by atoms with Crippen LogP contribution in [-0.4, -0.2) is 17.5 Å². The Hall–Kier alpha value is -1.42. The predicted octanol–water partition coefficient (Wildman–Crippen LogP) is 13.4. The summed E-state index contributed by atoms with van der Waals surface area (Å²) >= 11 is 0. The van der Waals surface area contributed by atoms with Crippen molar-refractivity contribution in [1.29, 1.82) is 0 Å². The molecule has 1 unspecified atom stereocenters. The van der Waals surface area contributed by atoms with Crippen LogP contribution in [0.2, 0.25) is 0 Å². The monoisotopic (exact) mass is 806 g/mol. The van der Waals surface area contributed by atoms with Crippen LogP contribution in [0.3, 0.4) is 0 Å². The fourth-order valence-corrected chi connectivity index (χ4v) is 7.61. The Morgan fingerprint density at radius 3 is 1.11 bits per heavy atom. The number of para-hydroxylation sites is 1. The third-order valence-electron chi connectivity index (χ3n) is 10.8. The summed E-state index contributed by atoms with van der Waals surface area (Å²) in [5.74, 6) is -1.13. The van der Waals surface area contributed by atoms with E-state index in [1.54, 1.807) is 0 Å². The van der Waals surface area contributed by atoms with E-state index in [0.29, 0.717) is 5.92 Å². The first-order chi connectivity index (χ1) is 25.6. The summed E-state index contributed by atoms with van der Waals surface area (Å²) in [7, 11) is 0. The van der Waals surface area contributed by atoms with Gasteiger partial charge in [0.05, 0.1) is 0 Å². The van der Waals surface area contributed by atoms with Crippen LogP contribution in [0.15, 0.2) is 24.3 Å². The third-order valence-corrected chi connectivity index (χ3v) is 10.8. The molecule has 0 aromatic heterocycles. The SMILES string of the molecule is CC1CC(C)(C)Nc2ccccc21.CCCCCCCCCCCCCCCCCC(=O)[O-].CCCCCCCCCCCCCCCCCC(=O)[O-].[Zn+2]. The van der Waals surface area contributed by atoms with Crippen LogP contribution in [0.1, 0.15) is 258 Å². The van der Waals surface area contributed by atoms with Gasteiger partial charge >= 0.3 is 19.5 Å². The summed E-state index contributed by atoms with van der Waals surface area (Å²) in [4.78, 5) is 20.4. The summed E-state index contributed by atoms with van der Waals surface area (Å²) < 4.78 is 0. The molecular formula is C48H87NO4Zn. The molecule has 0 amide bonds. The van der Waals surface area contributed by atoms with Crippen molar-refractivity contribution in [2.75, 3.05) is 5.32 Å². The number of benzene rings is 1. The molecule has 1 N–H and O–H groups in total. The van der Waals surface area contributed by atoms with Crippen LogP contribution in [0.4, 0.5) is 5.69 Å². The van der Waals surface area contributed by atoms with E-state index in [0.717, 1.165) is 25.7 Å². The number of nitrogens with one attached hydrogen (secondary N) is 1. The van der Waals surface area contributed by atoms with E-state index in [2.05, 4.69) is 64.2 Å². The largest absolute Gasteiger partial charge is 2.00 e. The van der Waals surface area contributed by atoms with Crippen LogP contribution in [0.5, 0.6) is 0 Å². The number of fused-ring (bicyclic) bond motifs is 1. The van der Waals surface area contributed by atoms with Gasteiger partial charge in [0.15, 0.2) is 0 Å². The molecule has 1 aliphatic rings. The van der Waals surface area contributed by atoms with Gasteiger partial charge in [-0.15, -0.1) is 0 Å². The van der Waals surface area contributed by atoms with E-state index in [1.807, 2.05) is 0 Å².